The van der Waals surface area contributed by atoms with E-state index in [2.05, 4.69) is 21.3 Å². The Hall–Kier alpha value is -2.85. The van der Waals surface area contributed by atoms with E-state index < -0.39 is 18.0 Å². The van der Waals surface area contributed by atoms with Crippen molar-refractivity contribution >= 4 is 29.4 Å². The second-order valence-electron chi connectivity index (χ2n) is 7.11. The van der Waals surface area contributed by atoms with Gasteiger partial charge in [0.25, 0.3) is 0 Å². The van der Waals surface area contributed by atoms with Crippen LogP contribution in [0.3, 0.4) is 0 Å². The second kappa shape index (κ2) is 12.6. The molecule has 10 nitrogen and oxygen atoms in total. The molecule has 4 amide bonds. The summed E-state index contributed by atoms with van der Waals surface area (Å²) in [4.78, 5) is 39.9. The lowest BCUT2D eigenvalue weighted by Crippen LogP contribution is -2.33. The molecule has 0 aliphatic heterocycles. The van der Waals surface area contributed by atoms with E-state index in [9.17, 15) is 19.5 Å². The smallest absolute Gasteiger partial charge is 0.337 e. The van der Waals surface area contributed by atoms with Gasteiger partial charge in [-0.25, -0.2) is 14.4 Å². The molecule has 0 spiro atoms. The molecule has 0 aromatic heterocycles. The van der Waals surface area contributed by atoms with E-state index in [4.69, 9.17) is 0 Å². The van der Waals surface area contributed by atoms with E-state index in [1.807, 2.05) is 38.0 Å². The average Bonchev–Trinajstić information content (AvgIpc) is 2.63. The first-order valence-electron chi connectivity index (χ1n) is 9.46. The third kappa shape index (κ3) is 9.77. The van der Waals surface area contributed by atoms with Gasteiger partial charge in [0.15, 0.2) is 0 Å². The summed E-state index contributed by atoms with van der Waals surface area (Å²) in [6.07, 6.45) is 1.53. The molecule has 0 unspecified atom stereocenters. The van der Waals surface area contributed by atoms with Crippen LogP contribution < -0.4 is 21.3 Å². The number of hydrogen-bond acceptors (Lipinski definition) is 5. The zero-order valence-corrected chi connectivity index (χ0v) is 17.5. The number of nitrogens with one attached hydrogen (secondary N) is 4. The topological polar surface area (TPSA) is 126 Å². The van der Waals surface area contributed by atoms with Crippen LogP contribution in [-0.2, 0) is 0 Å². The molecular formula is C19H32N6O4. The van der Waals surface area contributed by atoms with Gasteiger partial charge in [-0.1, -0.05) is 6.07 Å². The lowest BCUT2D eigenvalue weighted by atomic mass is 10.1. The Morgan fingerprint density at radius 3 is 1.86 bits per heavy atom. The molecule has 1 aromatic carbocycles. The fraction of sp³-hybridized carbons (Fsp3) is 0.526. The van der Waals surface area contributed by atoms with Gasteiger partial charge in [-0.2, -0.15) is 0 Å². The Bertz CT molecular complexity index is 693. The van der Waals surface area contributed by atoms with Crippen LogP contribution in [0.25, 0.3) is 0 Å². The summed E-state index contributed by atoms with van der Waals surface area (Å²) in [7, 11) is 7.77. The fourth-order valence-electron chi connectivity index (χ4n) is 2.49. The zero-order valence-electron chi connectivity index (χ0n) is 17.5. The van der Waals surface area contributed by atoms with Gasteiger partial charge >= 0.3 is 18.0 Å². The molecule has 1 rings (SSSR count). The molecule has 5 N–H and O–H groups in total. The minimum atomic E-state index is -1.21. The van der Waals surface area contributed by atoms with Crippen molar-refractivity contribution in [1.29, 1.82) is 0 Å². The molecule has 0 heterocycles. The average molecular weight is 409 g/mol. The number of amides is 4. The van der Waals surface area contributed by atoms with Crippen LogP contribution in [0.2, 0.25) is 0 Å². The van der Waals surface area contributed by atoms with Gasteiger partial charge in [0.2, 0.25) is 0 Å². The number of benzene rings is 1. The largest absolute Gasteiger partial charge is 0.478 e. The number of anilines is 2. The summed E-state index contributed by atoms with van der Waals surface area (Å²) >= 11 is 0. The lowest BCUT2D eigenvalue weighted by Gasteiger charge is -2.16. The Balaban J connectivity index is 2.75. The molecular weight excluding hydrogens is 376 g/mol. The van der Waals surface area contributed by atoms with Gasteiger partial charge in [0.05, 0.1) is 16.9 Å². The van der Waals surface area contributed by atoms with Crippen molar-refractivity contribution < 1.29 is 19.5 Å². The predicted octanol–water partition coefficient (Wildman–Crippen LogP) is 1.53. The van der Waals surface area contributed by atoms with E-state index >= 15 is 0 Å². The van der Waals surface area contributed by atoms with Gasteiger partial charge in [0.1, 0.15) is 0 Å². The van der Waals surface area contributed by atoms with Gasteiger partial charge in [-0.3, -0.25) is 0 Å². The maximum atomic E-state index is 12.2. The van der Waals surface area contributed by atoms with Gasteiger partial charge in [0, 0.05) is 13.1 Å². The summed E-state index contributed by atoms with van der Waals surface area (Å²) < 4.78 is 0. The summed E-state index contributed by atoms with van der Waals surface area (Å²) in [5.74, 6) is -1.21. The Kier molecular flexibility index (Phi) is 10.5. The molecule has 1 aromatic rings. The first-order chi connectivity index (χ1) is 13.7. The Labute approximate surface area is 171 Å². The number of nitrogens with zero attached hydrogens (tertiary/aromatic N) is 2. The zero-order chi connectivity index (χ0) is 21.8. The second-order valence-corrected chi connectivity index (χ2v) is 7.11. The van der Waals surface area contributed by atoms with E-state index in [1.54, 1.807) is 0 Å². The molecule has 0 saturated carbocycles. The molecule has 0 aliphatic carbocycles. The number of urea groups is 2. The number of carbonyl (C=O) groups is 3. The van der Waals surface area contributed by atoms with E-state index in [1.165, 1.54) is 18.2 Å². The van der Waals surface area contributed by atoms with Crippen LogP contribution in [0.4, 0.5) is 21.0 Å². The summed E-state index contributed by atoms with van der Waals surface area (Å²) in [5, 5.41) is 20.0. The standard InChI is InChI=1S/C19H32N6O4/c1-24(2)12-6-10-20-18(28)22-15-9-5-8-14(17(26)27)16(15)23-19(29)21-11-7-13-25(3)4/h5,8-9H,6-7,10-13H2,1-4H3,(H,26,27)(H2,20,22,28)(H2,21,23,29). The monoisotopic (exact) mass is 408 g/mol. The predicted molar refractivity (Wildman–Crippen MR) is 114 cm³/mol. The van der Waals surface area contributed by atoms with E-state index in [0.29, 0.717) is 13.1 Å². The SMILES string of the molecule is CN(C)CCCNC(=O)Nc1cccc(C(=O)O)c1NC(=O)NCCCN(C)C. The summed E-state index contributed by atoms with van der Waals surface area (Å²) in [5.41, 5.74) is 0.130. The lowest BCUT2D eigenvalue weighted by molar-refractivity contribution is 0.0698. The van der Waals surface area contributed by atoms with Gasteiger partial charge in [-0.15, -0.1) is 0 Å². The number of carboxylic acids is 1. The maximum Gasteiger partial charge on any atom is 0.337 e. The van der Waals surface area contributed by atoms with Crippen molar-refractivity contribution in [3.63, 3.8) is 0 Å². The number of para-hydroxylation sites is 1. The Morgan fingerprint density at radius 1 is 0.862 bits per heavy atom. The molecule has 162 valence electrons. The van der Waals surface area contributed by atoms with Crippen LogP contribution in [0.15, 0.2) is 18.2 Å². The first kappa shape index (κ1) is 24.2. The maximum absolute atomic E-state index is 12.2. The molecule has 0 atom stereocenters. The summed E-state index contributed by atoms with van der Waals surface area (Å²) in [6, 6.07) is 3.40. The quantitative estimate of drug-likeness (QED) is 0.354. The molecule has 0 fully saturated rings. The molecule has 0 aliphatic rings. The number of rotatable bonds is 11. The van der Waals surface area contributed by atoms with Gasteiger partial charge < -0.3 is 36.2 Å². The normalized spacial score (nSPS) is 10.7. The fourth-order valence-corrected chi connectivity index (χ4v) is 2.49. The Morgan fingerprint density at radius 2 is 1.38 bits per heavy atom. The first-order valence-corrected chi connectivity index (χ1v) is 9.46. The highest BCUT2D eigenvalue weighted by Gasteiger charge is 2.17. The molecule has 0 saturated heterocycles. The van der Waals surface area contributed by atoms with Crippen molar-refractivity contribution in [2.45, 2.75) is 12.8 Å². The molecule has 0 bridgehead atoms. The van der Waals surface area contributed by atoms with Crippen LogP contribution >= 0.6 is 0 Å². The number of carbonyl (C=O) groups excluding carboxylic acids is 2. The van der Waals surface area contributed by atoms with Crippen molar-refractivity contribution in [1.82, 2.24) is 20.4 Å². The van der Waals surface area contributed by atoms with Crippen LogP contribution in [0.5, 0.6) is 0 Å². The minimum Gasteiger partial charge on any atom is -0.478 e. The van der Waals surface area contributed by atoms with Crippen molar-refractivity contribution in [2.75, 3.05) is 65.0 Å². The highest BCUT2D eigenvalue weighted by atomic mass is 16.4. The summed E-state index contributed by atoms with van der Waals surface area (Å²) in [6.45, 7) is 2.55. The van der Waals surface area contributed by atoms with Crippen LogP contribution in [0, 0.1) is 0 Å². The van der Waals surface area contributed by atoms with Gasteiger partial charge in [-0.05, 0) is 66.3 Å². The molecule has 10 heteroatoms. The van der Waals surface area contributed by atoms with Crippen molar-refractivity contribution in [3.05, 3.63) is 23.8 Å². The number of carboxylic acid groups (broad SMARTS) is 1. The van der Waals surface area contributed by atoms with E-state index in [-0.39, 0.29) is 16.9 Å². The minimum absolute atomic E-state index is 0.0357. The van der Waals surface area contributed by atoms with Crippen molar-refractivity contribution in [3.8, 4) is 0 Å². The highest BCUT2D eigenvalue weighted by Crippen LogP contribution is 2.26. The number of hydrogen-bond donors (Lipinski definition) is 5. The number of aromatic carboxylic acids is 1. The molecule has 29 heavy (non-hydrogen) atoms. The van der Waals surface area contributed by atoms with E-state index in [0.717, 1.165) is 25.9 Å². The van der Waals surface area contributed by atoms with Crippen LogP contribution in [-0.4, -0.2) is 87.3 Å². The molecule has 0 radical (unpaired) electrons. The highest BCUT2D eigenvalue weighted by molar-refractivity contribution is 6.06. The third-order valence-electron chi connectivity index (χ3n) is 3.92. The van der Waals surface area contributed by atoms with Crippen LogP contribution in [0.1, 0.15) is 23.2 Å². The van der Waals surface area contributed by atoms with Crippen molar-refractivity contribution in [2.24, 2.45) is 0 Å². The third-order valence-corrected chi connectivity index (χ3v) is 3.92.